The number of anilines is 1. The zero-order valence-electron chi connectivity index (χ0n) is 32.6. The predicted octanol–water partition coefficient (Wildman–Crippen LogP) is -0.0760. The summed E-state index contributed by atoms with van der Waals surface area (Å²) >= 11 is 5.41. The van der Waals surface area contributed by atoms with Crippen LogP contribution < -0.4 is 21.3 Å². The minimum absolute atomic E-state index is 0.147. The van der Waals surface area contributed by atoms with Crippen LogP contribution in [0.25, 0.3) is 11.4 Å². The van der Waals surface area contributed by atoms with Crippen LogP contribution in [0, 0.1) is 0 Å². The van der Waals surface area contributed by atoms with Crippen molar-refractivity contribution in [1.29, 1.82) is 0 Å². The topological polar surface area (TPSA) is 265 Å². The Hall–Kier alpha value is -5.74. The Bertz CT molecular complexity index is 1830. The fourth-order valence-electron chi connectivity index (χ4n) is 6.26. The van der Waals surface area contributed by atoms with E-state index in [1.165, 1.54) is 6.33 Å². The number of aromatic nitrogens is 4. The third-order valence-electron chi connectivity index (χ3n) is 9.18. The van der Waals surface area contributed by atoms with Crippen LogP contribution in [-0.4, -0.2) is 170 Å². The highest BCUT2D eigenvalue weighted by Crippen LogP contribution is 2.17. The van der Waals surface area contributed by atoms with Crippen molar-refractivity contribution in [3.63, 3.8) is 0 Å². The molecule has 1 aliphatic rings. The highest BCUT2D eigenvalue weighted by molar-refractivity contribution is 7.80. The Morgan fingerprint density at radius 2 is 1.29 bits per heavy atom. The Morgan fingerprint density at radius 3 is 1.95 bits per heavy atom. The first kappa shape index (κ1) is 46.0. The van der Waals surface area contributed by atoms with E-state index in [2.05, 4.69) is 41.7 Å². The molecule has 20 nitrogen and oxygen atoms in total. The number of ether oxygens (including phenoxy) is 1. The summed E-state index contributed by atoms with van der Waals surface area (Å²) in [4.78, 5) is 64.4. The van der Waals surface area contributed by atoms with Gasteiger partial charge in [0.25, 0.3) is 0 Å². The first-order valence-electron chi connectivity index (χ1n) is 19.1. The van der Waals surface area contributed by atoms with E-state index in [-0.39, 0.29) is 50.3 Å². The first-order valence-corrected chi connectivity index (χ1v) is 19.5. The number of aliphatic carboxylic acids is 3. The van der Waals surface area contributed by atoms with Crippen LogP contribution in [0.15, 0.2) is 54.9 Å². The Balaban J connectivity index is 1.08. The van der Waals surface area contributed by atoms with E-state index < -0.39 is 17.9 Å². The normalized spacial score (nSPS) is 15.2. The van der Waals surface area contributed by atoms with Gasteiger partial charge < -0.3 is 41.3 Å². The number of amides is 2. The summed E-state index contributed by atoms with van der Waals surface area (Å²) in [5, 5.41) is 55.9. The number of nitrogens with zero attached hydrogens (tertiary/aromatic N) is 7. The van der Waals surface area contributed by atoms with Crippen molar-refractivity contribution >= 4 is 52.7 Å². The standard InChI is InChI=1S/C38H51N11O9S/c50-32(2-1-3-33(51)41-21-28-4-8-29(9-5-28)37-45-42-26-43-46-37)39-12-18-58-19-13-40-38(59)44-30-10-6-27(7-11-30)20-31-22-48(24-35(54)55)15-14-47(23-34(52)53)16-17-49(31)25-36(56)57/h4-11,26,31H,1-3,12-25H2,(H,39,50)(H,41,51)(H,52,53)(H,54,55)(H,56,57)(H2,40,44,59). The van der Waals surface area contributed by atoms with Crippen molar-refractivity contribution in [2.24, 2.45) is 0 Å². The van der Waals surface area contributed by atoms with Crippen molar-refractivity contribution in [3.8, 4) is 11.4 Å². The SMILES string of the molecule is O=C(O)CN1CCN(CC(=O)O)CC(Cc2ccc(NC(=S)NCCOCCNC(=O)CCCC(=O)NCc3ccc(-c4nncnn4)cc3)cc2)N(CC(=O)O)CC1. The van der Waals surface area contributed by atoms with Gasteiger partial charge >= 0.3 is 17.9 Å². The molecule has 0 bridgehead atoms. The van der Waals surface area contributed by atoms with E-state index in [0.717, 1.165) is 22.4 Å². The predicted molar refractivity (Wildman–Crippen MR) is 218 cm³/mol. The number of carboxylic acid groups (broad SMARTS) is 3. The molecule has 318 valence electrons. The van der Waals surface area contributed by atoms with Gasteiger partial charge in [0.05, 0.1) is 32.8 Å². The maximum Gasteiger partial charge on any atom is 0.317 e. The highest BCUT2D eigenvalue weighted by atomic mass is 32.1. The monoisotopic (exact) mass is 837 g/mol. The number of rotatable bonds is 22. The Labute approximate surface area is 346 Å². The van der Waals surface area contributed by atoms with Gasteiger partial charge in [-0.25, -0.2) is 0 Å². The van der Waals surface area contributed by atoms with Gasteiger partial charge in [-0.3, -0.25) is 38.7 Å². The van der Waals surface area contributed by atoms with Crippen LogP contribution in [0.1, 0.15) is 30.4 Å². The lowest BCUT2D eigenvalue weighted by molar-refractivity contribution is -0.140. The Morgan fingerprint density at radius 1 is 0.712 bits per heavy atom. The van der Waals surface area contributed by atoms with Crippen molar-refractivity contribution in [1.82, 2.24) is 51.0 Å². The molecule has 2 heterocycles. The number of hydrogen-bond acceptors (Lipinski definition) is 14. The second kappa shape index (κ2) is 24.9. The van der Waals surface area contributed by atoms with Crippen molar-refractivity contribution in [2.45, 2.75) is 38.3 Å². The molecular formula is C38H51N11O9S. The third-order valence-corrected chi connectivity index (χ3v) is 9.43. The maximum absolute atomic E-state index is 12.2. The van der Waals surface area contributed by atoms with Gasteiger partial charge in [-0.1, -0.05) is 36.4 Å². The molecule has 0 radical (unpaired) electrons. The fourth-order valence-corrected chi connectivity index (χ4v) is 6.48. The number of carbonyl (C=O) groups excluding carboxylic acids is 2. The van der Waals surface area contributed by atoms with Crippen LogP contribution in [0.2, 0.25) is 0 Å². The molecule has 3 aromatic rings. The average Bonchev–Trinajstić information content (AvgIpc) is 3.27. The third kappa shape index (κ3) is 18.2. The summed E-state index contributed by atoms with van der Waals surface area (Å²) < 4.78 is 5.58. The minimum Gasteiger partial charge on any atom is -0.480 e. The van der Waals surface area contributed by atoms with Crippen LogP contribution in [0.4, 0.5) is 5.69 Å². The molecule has 4 rings (SSSR count). The van der Waals surface area contributed by atoms with E-state index in [9.17, 15) is 39.3 Å². The van der Waals surface area contributed by atoms with Gasteiger partial charge in [0.2, 0.25) is 17.6 Å². The molecule has 0 aliphatic carbocycles. The van der Waals surface area contributed by atoms with E-state index in [0.29, 0.717) is 89.4 Å². The number of nitrogens with one attached hydrogen (secondary N) is 4. The van der Waals surface area contributed by atoms with Gasteiger partial charge in [-0.15, -0.1) is 20.4 Å². The number of thiocarbonyl (C=S) groups is 1. The second-order valence-electron chi connectivity index (χ2n) is 13.8. The zero-order valence-corrected chi connectivity index (χ0v) is 33.4. The first-order chi connectivity index (χ1) is 28.4. The van der Waals surface area contributed by atoms with Crippen LogP contribution >= 0.6 is 12.2 Å². The summed E-state index contributed by atoms with van der Waals surface area (Å²) in [7, 11) is 0. The second-order valence-corrected chi connectivity index (χ2v) is 14.2. The van der Waals surface area contributed by atoms with Gasteiger partial charge in [0.1, 0.15) is 0 Å². The van der Waals surface area contributed by atoms with E-state index in [1.54, 1.807) is 14.7 Å². The van der Waals surface area contributed by atoms with E-state index in [4.69, 9.17) is 17.0 Å². The lowest BCUT2D eigenvalue weighted by atomic mass is 10.0. The average molecular weight is 838 g/mol. The molecule has 0 spiro atoms. The minimum atomic E-state index is -1.03. The largest absolute Gasteiger partial charge is 0.480 e. The number of benzene rings is 2. The van der Waals surface area contributed by atoms with Crippen LogP contribution in [0.5, 0.6) is 0 Å². The number of carbonyl (C=O) groups is 5. The molecule has 1 fully saturated rings. The molecule has 21 heteroatoms. The quantitative estimate of drug-likeness (QED) is 0.0516. The molecule has 2 aromatic carbocycles. The van der Waals surface area contributed by atoms with Gasteiger partial charge in [0.15, 0.2) is 11.4 Å². The zero-order chi connectivity index (χ0) is 42.4. The highest BCUT2D eigenvalue weighted by Gasteiger charge is 2.28. The van der Waals surface area contributed by atoms with Crippen LogP contribution in [-0.2, 0) is 41.7 Å². The molecule has 7 N–H and O–H groups in total. The van der Waals surface area contributed by atoms with Crippen molar-refractivity contribution in [2.75, 3.05) is 84.0 Å². The molecule has 1 saturated heterocycles. The van der Waals surface area contributed by atoms with Gasteiger partial charge in [0, 0.05) is 82.5 Å². The molecule has 1 atom stereocenters. The summed E-state index contributed by atoms with van der Waals surface area (Å²) in [6, 6.07) is 14.5. The molecule has 1 aliphatic heterocycles. The van der Waals surface area contributed by atoms with Crippen molar-refractivity contribution < 1.29 is 44.0 Å². The molecular weight excluding hydrogens is 787 g/mol. The van der Waals surface area contributed by atoms with E-state index >= 15 is 0 Å². The molecule has 0 saturated carbocycles. The summed E-state index contributed by atoms with van der Waals surface area (Å²) in [5.41, 5.74) is 3.30. The molecule has 1 unspecified atom stereocenters. The summed E-state index contributed by atoms with van der Waals surface area (Å²) in [6.07, 6.45) is 2.56. The summed E-state index contributed by atoms with van der Waals surface area (Å²) in [5.74, 6) is -2.95. The smallest absolute Gasteiger partial charge is 0.317 e. The maximum atomic E-state index is 12.2. The van der Waals surface area contributed by atoms with Gasteiger partial charge in [-0.2, -0.15) is 0 Å². The van der Waals surface area contributed by atoms with Crippen LogP contribution in [0.3, 0.4) is 0 Å². The molecule has 2 amide bonds. The molecule has 1 aromatic heterocycles. The van der Waals surface area contributed by atoms with Gasteiger partial charge in [-0.05, 0) is 48.3 Å². The Kier molecular flexibility index (Phi) is 19.4. The number of hydrogen-bond donors (Lipinski definition) is 7. The summed E-state index contributed by atoms with van der Waals surface area (Å²) in [6.45, 7) is 2.63. The van der Waals surface area contributed by atoms with E-state index in [1.807, 2.05) is 48.5 Å². The number of carboxylic acids is 3. The van der Waals surface area contributed by atoms with Crippen molar-refractivity contribution in [3.05, 3.63) is 66.0 Å². The molecule has 59 heavy (non-hydrogen) atoms. The fraction of sp³-hybridized carbons (Fsp3) is 0.474. The lowest BCUT2D eigenvalue weighted by Crippen LogP contribution is -2.49. The lowest BCUT2D eigenvalue weighted by Gasteiger charge is -2.33.